The van der Waals surface area contributed by atoms with Crippen molar-refractivity contribution in [1.29, 1.82) is 0 Å². The fraction of sp³-hybridized carbons (Fsp3) is 0.172. The molecule has 0 aliphatic carbocycles. The molecule has 0 atom stereocenters. The molecule has 0 aliphatic heterocycles. The normalized spacial score (nSPS) is 11.5. The van der Waals surface area contributed by atoms with Crippen molar-refractivity contribution < 1.29 is 215 Å². The Kier molecular flexibility index (Phi) is 30.9. The summed E-state index contributed by atoms with van der Waals surface area (Å²) in [5.41, 5.74) is 0.358. The van der Waals surface area contributed by atoms with Gasteiger partial charge in [0.05, 0.1) is 27.5 Å². The number of anilines is 1. The molecule has 4 rings (SSSR count). The molecule has 0 aliphatic rings. The monoisotopic (exact) mass is 1050 g/mol. The number of phenolic OH excluding ortho intramolecular Hbond substituents is 2. The van der Waals surface area contributed by atoms with Gasteiger partial charge in [0.2, 0.25) is 20.8 Å². The number of hydrogen-bond donors (Lipinski definition) is 5. The van der Waals surface area contributed by atoms with Gasteiger partial charge in [0.1, 0.15) is 27.2 Å². The van der Waals surface area contributed by atoms with Crippen molar-refractivity contribution >= 4 is 89.8 Å². The van der Waals surface area contributed by atoms with E-state index in [1.165, 1.54) is 31.4 Å². The molecule has 23 nitrogen and oxygen atoms in total. The number of aromatic hydroxyl groups is 2. The number of aryl methyl sites for hydroxylation is 1. The first-order valence-corrected chi connectivity index (χ1v) is 22.1. The minimum absolute atomic E-state index is 0. The largest absolute Gasteiger partial charge is 1.00 e. The Morgan fingerprint density at radius 1 is 0.710 bits per heavy atom. The summed E-state index contributed by atoms with van der Waals surface area (Å²) in [5, 5.41) is 41.0. The number of phenols is 2. The molecular formula is C29H29CuN5Na4O18S5-2. The summed E-state index contributed by atoms with van der Waals surface area (Å²) < 4.78 is 156. The maximum atomic E-state index is 12.4. The Bertz CT molecular complexity index is 2780. The average molecular weight is 1050 g/mol. The zero-order chi connectivity index (χ0) is 43.9. The fourth-order valence-electron chi connectivity index (χ4n) is 4.36. The summed E-state index contributed by atoms with van der Waals surface area (Å²) in [6.45, 7) is 8.33. The van der Waals surface area contributed by atoms with Crippen molar-refractivity contribution in [3.63, 3.8) is 0 Å². The molecule has 4 aromatic carbocycles. The zero-order valence-corrected chi connectivity index (χ0v) is 46.5. The number of sulfone groups is 2. The van der Waals surface area contributed by atoms with Gasteiger partial charge < -0.3 is 47.8 Å². The van der Waals surface area contributed by atoms with E-state index in [-0.39, 0.29) is 174 Å². The van der Waals surface area contributed by atoms with Crippen LogP contribution in [0.4, 0.5) is 28.4 Å². The summed E-state index contributed by atoms with van der Waals surface area (Å²) in [5.74, 6) is -2.51. The van der Waals surface area contributed by atoms with Crippen LogP contribution in [-0.2, 0) is 67.7 Å². The number of fused-ring (bicyclic) bond motifs is 1. The van der Waals surface area contributed by atoms with Crippen LogP contribution in [0.25, 0.3) is 10.8 Å². The molecule has 0 unspecified atom stereocenters. The SMILES string of the molecule is O=S(=O)([O-])O.O=S(=O)([O-])O.[CH2-]CS(=O)(=O)c1cc(N=Nc2[c-]cc3c(N=Nc4cc(C)c(S(=O)(=O)C[CH2-])cc4OC)c(NC)ccc3c2O)c(O)c(S(=O)(=O)[O-])c1.[Cu].[Na+].[Na+].[Na+].[Na+]. The summed E-state index contributed by atoms with van der Waals surface area (Å²) in [4.78, 5) is -1.83. The number of azo groups is 2. The second kappa shape index (κ2) is 28.1. The van der Waals surface area contributed by atoms with E-state index in [1.807, 2.05) is 0 Å². The van der Waals surface area contributed by atoms with E-state index in [1.54, 1.807) is 20.0 Å². The Balaban J connectivity index is -0.00000101. The number of methoxy groups -OCH3 is 1. The first-order chi connectivity index (χ1) is 26.0. The summed E-state index contributed by atoms with van der Waals surface area (Å²) in [6.07, 6.45) is 0. The van der Waals surface area contributed by atoms with E-state index in [0.717, 1.165) is 6.07 Å². The predicted molar refractivity (Wildman–Crippen MR) is 196 cm³/mol. The maximum Gasteiger partial charge on any atom is 1.00 e. The maximum absolute atomic E-state index is 12.4. The second-order valence-corrected chi connectivity index (χ2v) is 17.8. The van der Waals surface area contributed by atoms with E-state index in [0.29, 0.717) is 22.7 Å². The molecule has 0 fully saturated rings. The van der Waals surface area contributed by atoms with E-state index < -0.39 is 83.3 Å². The topological polar surface area (TPSA) is 392 Å². The number of hydrogen-bond acceptors (Lipinski definition) is 21. The van der Waals surface area contributed by atoms with Crippen LogP contribution in [0.2, 0.25) is 0 Å². The molecule has 62 heavy (non-hydrogen) atoms. The van der Waals surface area contributed by atoms with Crippen LogP contribution in [0.5, 0.6) is 17.2 Å². The van der Waals surface area contributed by atoms with Gasteiger partial charge in [-0.05, 0) is 36.8 Å². The van der Waals surface area contributed by atoms with Crippen LogP contribution in [0.3, 0.4) is 0 Å². The fourth-order valence-corrected chi connectivity index (χ4v) is 6.93. The number of ether oxygens (including phenoxy) is 1. The third-order valence-corrected chi connectivity index (χ3v) is 10.8. The molecule has 0 spiro atoms. The van der Waals surface area contributed by atoms with Gasteiger partial charge in [-0.25, -0.2) is 42.1 Å². The molecule has 325 valence electrons. The third kappa shape index (κ3) is 20.6. The number of nitrogens with one attached hydrogen (secondary N) is 1. The van der Waals surface area contributed by atoms with E-state index in [4.69, 9.17) is 39.8 Å². The Hall–Kier alpha value is -0.391. The van der Waals surface area contributed by atoms with Crippen molar-refractivity contribution in [2.45, 2.75) is 21.6 Å². The molecule has 0 amide bonds. The van der Waals surface area contributed by atoms with Crippen molar-refractivity contribution in [1.82, 2.24) is 0 Å². The third-order valence-electron chi connectivity index (χ3n) is 6.84. The molecule has 0 aromatic heterocycles. The van der Waals surface area contributed by atoms with Crippen LogP contribution >= 0.6 is 0 Å². The number of benzene rings is 4. The first-order valence-electron chi connectivity index (χ1n) is 14.6. The standard InChI is InChI=1S/C29H28N5O10S3.Cu.4Na.2H2O4S/c1-6-45(37,38)17-13-23(29(36)26(14-17)47(41,42)43)33-31-21-11-8-18-19(28(21)35)9-10-20(30-4)27(18)34-32-22-12-16(3)25(15-24(22)44-5)46(39,40)7-2;;;;;;2*1-5(2,3)4/h8-10,12-15,30,35-36H,1-2,6-7H2,3-5H3,(H,41,42,43);;;;;;2*(H2,1,2,3,4)/q-3;;4*+1;;/p-3. The molecule has 0 heterocycles. The van der Waals surface area contributed by atoms with E-state index in [9.17, 15) is 40.0 Å². The summed E-state index contributed by atoms with van der Waals surface area (Å²) in [7, 11) is -20.0. The molecule has 33 heteroatoms. The van der Waals surface area contributed by atoms with Crippen LogP contribution < -0.4 is 128 Å². The van der Waals surface area contributed by atoms with Gasteiger partial charge in [-0.2, -0.15) is 22.4 Å². The van der Waals surface area contributed by atoms with Crippen molar-refractivity contribution in [2.24, 2.45) is 20.5 Å². The number of nitrogens with zero attached hydrogens (tertiary/aromatic N) is 4. The van der Waals surface area contributed by atoms with Gasteiger partial charge in [0.15, 0.2) is 25.4 Å². The average Bonchev–Trinajstić information content (AvgIpc) is 3.08. The second-order valence-electron chi connectivity index (χ2n) is 10.6. The number of rotatable bonds is 11. The van der Waals surface area contributed by atoms with Gasteiger partial charge >= 0.3 is 118 Å². The van der Waals surface area contributed by atoms with Gasteiger partial charge in [-0.3, -0.25) is 9.11 Å². The van der Waals surface area contributed by atoms with Gasteiger partial charge in [-0.1, -0.05) is 28.3 Å². The first kappa shape index (κ1) is 68.2. The Labute approximate surface area is 456 Å². The Morgan fingerprint density at radius 3 is 1.66 bits per heavy atom. The van der Waals surface area contributed by atoms with Crippen LogP contribution in [0.15, 0.2) is 77.6 Å². The van der Waals surface area contributed by atoms with Crippen LogP contribution in [-0.4, -0.2) is 101 Å². The molecule has 0 saturated carbocycles. The van der Waals surface area contributed by atoms with Gasteiger partial charge in [0.25, 0.3) is 0 Å². The minimum atomic E-state index is -5.33. The summed E-state index contributed by atoms with van der Waals surface area (Å²) in [6, 6.07) is 11.3. The van der Waals surface area contributed by atoms with Crippen molar-refractivity contribution in [3.05, 3.63) is 67.9 Å². The summed E-state index contributed by atoms with van der Waals surface area (Å²) >= 11 is 0. The van der Waals surface area contributed by atoms with Gasteiger partial charge in [-0.15, -0.1) is 10.2 Å². The molecule has 0 bridgehead atoms. The van der Waals surface area contributed by atoms with E-state index in [2.05, 4.69) is 45.7 Å². The minimum Gasteiger partial charge on any atom is -0.744 e. The zero-order valence-electron chi connectivity index (χ0n) is 33.5. The molecular weight excluding hydrogens is 1020 g/mol. The molecule has 5 N–H and O–H groups in total. The van der Waals surface area contributed by atoms with Crippen molar-refractivity contribution in [3.8, 4) is 17.2 Å². The molecule has 4 aromatic rings. The predicted octanol–water partition coefficient (Wildman–Crippen LogP) is -8.62. The Morgan fingerprint density at radius 2 is 1.21 bits per heavy atom. The quantitative estimate of drug-likeness (QED) is 0.0306. The van der Waals surface area contributed by atoms with E-state index >= 15 is 0 Å². The molecule has 0 saturated heterocycles. The van der Waals surface area contributed by atoms with Crippen molar-refractivity contribution in [2.75, 3.05) is 31.0 Å². The smallest absolute Gasteiger partial charge is 0.744 e. The van der Waals surface area contributed by atoms with Gasteiger partial charge in [0, 0.05) is 47.3 Å². The molecule has 1 radical (unpaired) electrons. The van der Waals surface area contributed by atoms with Crippen LogP contribution in [0, 0.1) is 26.8 Å². The van der Waals surface area contributed by atoms with Crippen LogP contribution in [0.1, 0.15) is 5.56 Å².